The van der Waals surface area contributed by atoms with Crippen LogP contribution in [0.5, 0.6) is 17.2 Å². The molecule has 0 bridgehead atoms. The number of nitriles is 1. The Hall–Kier alpha value is -3.58. The van der Waals surface area contributed by atoms with E-state index in [-0.39, 0.29) is 5.75 Å². The normalized spacial score (nSPS) is 12.3. The van der Waals surface area contributed by atoms with Crippen LogP contribution in [0.15, 0.2) is 72.8 Å². The van der Waals surface area contributed by atoms with Crippen LogP contribution in [0.4, 0.5) is 0 Å². The van der Waals surface area contributed by atoms with Gasteiger partial charge < -0.3 is 9.47 Å². The van der Waals surface area contributed by atoms with Crippen LogP contribution >= 0.6 is 0 Å². The van der Waals surface area contributed by atoms with Gasteiger partial charge in [0, 0.05) is 11.1 Å². The molecule has 0 N–H and O–H groups in total. The number of esters is 1. The molecule has 0 amide bonds. The molecule has 3 aromatic carbocycles. The Balaban J connectivity index is 1.77. The molecular formula is C21H13NO3. The van der Waals surface area contributed by atoms with E-state index >= 15 is 0 Å². The standard InChI is InChI=1S/C21H13NO3/c22-13-14-7-1-4-10-17(14)25-21(23)20-15-8-2-5-11-18(15)24-19-12-6-3-9-16(19)20/h1-12,20H. The van der Waals surface area contributed by atoms with Crippen molar-refractivity contribution in [3.05, 3.63) is 89.5 Å². The van der Waals surface area contributed by atoms with Crippen LogP contribution in [0.3, 0.4) is 0 Å². The van der Waals surface area contributed by atoms with Crippen molar-refractivity contribution in [3.8, 4) is 23.3 Å². The van der Waals surface area contributed by atoms with Crippen molar-refractivity contribution in [2.45, 2.75) is 5.92 Å². The largest absolute Gasteiger partial charge is 0.457 e. The fourth-order valence-corrected chi connectivity index (χ4v) is 2.98. The first-order valence-electron chi connectivity index (χ1n) is 7.84. The second-order valence-corrected chi connectivity index (χ2v) is 5.64. The summed E-state index contributed by atoms with van der Waals surface area (Å²) in [6.45, 7) is 0. The zero-order chi connectivity index (χ0) is 17.2. The smallest absolute Gasteiger partial charge is 0.323 e. The van der Waals surface area contributed by atoms with Crippen molar-refractivity contribution in [1.29, 1.82) is 5.26 Å². The Kier molecular flexibility index (Phi) is 3.68. The fraction of sp³-hybridized carbons (Fsp3) is 0.0476. The van der Waals surface area contributed by atoms with Gasteiger partial charge in [-0.3, -0.25) is 4.79 Å². The van der Waals surface area contributed by atoms with Gasteiger partial charge in [-0.2, -0.15) is 5.26 Å². The highest BCUT2D eigenvalue weighted by Gasteiger charge is 2.34. The van der Waals surface area contributed by atoms with E-state index in [0.717, 1.165) is 11.1 Å². The van der Waals surface area contributed by atoms with E-state index in [9.17, 15) is 10.1 Å². The molecule has 25 heavy (non-hydrogen) atoms. The zero-order valence-electron chi connectivity index (χ0n) is 13.2. The highest BCUT2D eigenvalue weighted by atomic mass is 16.5. The maximum atomic E-state index is 13.0. The van der Waals surface area contributed by atoms with Gasteiger partial charge in [0.25, 0.3) is 0 Å². The molecule has 0 aromatic heterocycles. The lowest BCUT2D eigenvalue weighted by molar-refractivity contribution is -0.135. The van der Waals surface area contributed by atoms with Crippen molar-refractivity contribution in [2.24, 2.45) is 0 Å². The quantitative estimate of drug-likeness (QED) is 0.517. The molecule has 0 fully saturated rings. The van der Waals surface area contributed by atoms with Gasteiger partial charge >= 0.3 is 5.97 Å². The van der Waals surface area contributed by atoms with Crippen LogP contribution in [-0.4, -0.2) is 5.97 Å². The van der Waals surface area contributed by atoms with Gasteiger partial charge in [-0.15, -0.1) is 0 Å². The fourth-order valence-electron chi connectivity index (χ4n) is 2.98. The average Bonchev–Trinajstić information content (AvgIpc) is 2.66. The van der Waals surface area contributed by atoms with Gasteiger partial charge in [-0.1, -0.05) is 48.5 Å². The minimum atomic E-state index is -0.604. The van der Waals surface area contributed by atoms with E-state index in [1.165, 1.54) is 0 Å². The topological polar surface area (TPSA) is 59.3 Å². The first-order chi connectivity index (χ1) is 12.3. The van der Waals surface area contributed by atoms with Crippen LogP contribution in [0, 0.1) is 11.3 Å². The predicted octanol–water partition coefficient (Wildman–Crippen LogP) is 4.40. The molecule has 0 radical (unpaired) electrons. The maximum Gasteiger partial charge on any atom is 0.323 e. The second-order valence-electron chi connectivity index (χ2n) is 5.64. The molecule has 1 aliphatic heterocycles. The van der Waals surface area contributed by atoms with Crippen LogP contribution in [0.25, 0.3) is 0 Å². The first kappa shape index (κ1) is 15.0. The Morgan fingerprint density at radius 3 is 2.08 bits per heavy atom. The number of carbonyl (C=O) groups is 1. The molecule has 4 nitrogen and oxygen atoms in total. The maximum absolute atomic E-state index is 13.0. The molecule has 120 valence electrons. The van der Waals surface area contributed by atoms with Gasteiger partial charge in [0.1, 0.15) is 29.2 Å². The van der Waals surface area contributed by atoms with Gasteiger partial charge in [0.15, 0.2) is 0 Å². The van der Waals surface area contributed by atoms with E-state index in [0.29, 0.717) is 17.1 Å². The van der Waals surface area contributed by atoms with E-state index in [1.54, 1.807) is 24.3 Å². The summed E-state index contributed by atoms with van der Waals surface area (Å²) in [5, 5.41) is 9.20. The first-order valence-corrected chi connectivity index (χ1v) is 7.84. The summed E-state index contributed by atoms with van der Waals surface area (Å²) in [5.41, 5.74) is 1.82. The highest BCUT2D eigenvalue weighted by molar-refractivity contribution is 5.87. The minimum absolute atomic E-state index is 0.261. The number of carbonyl (C=O) groups excluding carboxylic acids is 1. The Morgan fingerprint density at radius 2 is 1.44 bits per heavy atom. The molecular weight excluding hydrogens is 314 g/mol. The molecule has 0 saturated heterocycles. The van der Waals surface area contributed by atoms with E-state index < -0.39 is 11.9 Å². The summed E-state index contributed by atoms with van der Waals surface area (Å²) in [5.74, 6) is 0.490. The summed E-state index contributed by atoms with van der Waals surface area (Å²) in [6, 6.07) is 23.6. The molecule has 0 spiro atoms. The molecule has 1 aliphatic rings. The summed E-state index contributed by atoms with van der Waals surface area (Å²) in [7, 11) is 0. The number of hydrogen-bond donors (Lipinski definition) is 0. The van der Waals surface area contributed by atoms with Crippen molar-refractivity contribution >= 4 is 5.97 Å². The van der Waals surface area contributed by atoms with E-state index in [2.05, 4.69) is 0 Å². The third kappa shape index (κ3) is 2.62. The zero-order valence-corrected chi connectivity index (χ0v) is 13.2. The number of ether oxygens (including phenoxy) is 2. The number of nitrogens with zero attached hydrogens (tertiary/aromatic N) is 1. The molecule has 3 aromatic rings. The third-order valence-electron chi connectivity index (χ3n) is 4.13. The predicted molar refractivity (Wildman–Crippen MR) is 91.6 cm³/mol. The second kappa shape index (κ2) is 6.14. The van der Waals surface area contributed by atoms with Crippen LogP contribution in [0.2, 0.25) is 0 Å². The minimum Gasteiger partial charge on any atom is -0.457 e. The number of rotatable bonds is 2. The molecule has 4 rings (SSSR count). The van der Waals surface area contributed by atoms with Crippen LogP contribution in [0.1, 0.15) is 22.6 Å². The van der Waals surface area contributed by atoms with Gasteiger partial charge in [-0.25, -0.2) is 0 Å². The molecule has 1 heterocycles. The monoisotopic (exact) mass is 327 g/mol. The van der Waals surface area contributed by atoms with E-state index in [4.69, 9.17) is 9.47 Å². The van der Waals surface area contributed by atoms with Crippen molar-refractivity contribution in [2.75, 3.05) is 0 Å². The number of benzene rings is 3. The third-order valence-corrected chi connectivity index (χ3v) is 4.13. The molecule has 0 unspecified atom stereocenters. The summed E-state index contributed by atoms with van der Waals surface area (Å²) < 4.78 is 11.5. The molecule has 0 aliphatic carbocycles. The Bertz CT molecular complexity index is 958. The highest BCUT2D eigenvalue weighted by Crippen LogP contribution is 2.44. The lowest BCUT2D eigenvalue weighted by Gasteiger charge is -2.26. The number of para-hydroxylation sites is 3. The van der Waals surface area contributed by atoms with Gasteiger partial charge in [-0.05, 0) is 24.3 Å². The summed E-state index contributed by atoms with van der Waals surface area (Å²) in [4.78, 5) is 13.0. The summed E-state index contributed by atoms with van der Waals surface area (Å²) in [6.07, 6.45) is 0. The van der Waals surface area contributed by atoms with Crippen molar-refractivity contribution in [1.82, 2.24) is 0 Å². The average molecular weight is 327 g/mol. The van der Waals surface area contributed by atoms with Crippen molar-refractivity contribution < 1.29 is 14.3 Å². The van der Waals surface area contributed by atoms with E-state index in [1.807, 2.05) is 54.6 Å². The Labute approximate surface area is 144 Å². The number of hydrogen-bond acceptors (Lipinski definition) is 4. The SMILES string of the molecule is N#Cc1ccccc1OC(=O)C1c2ccccc2Oc2ccccc21. The van der Waals surface area contributed by atoms with Gasteiger partial charge in [0.2, 0.25) is 0 Å². The lowest BCUT2D eigenvalue weighted by Crippen LogP contribution is -2.23. The molecule has 0 atom stereocenters. The lowest BCUT2D eigenvalue weighted by atomic mass is 9.88. The molecule has 4 heteroatoms. The van der Waals surface area contributed by atoms with Crippen LogP contribution in [-0.2, 0) is 4.79 Å². The van der Waals surface area contributed by atoms with Crippen molar-refractivity contribution in [3.63, 3.8) is 0 Å². The number of fused-ring (bicyclic) bond motifs is 2. The summed E-state index contributed by atoms with van der Waals surface area (Å²) >= 11 is 0. The van der Waals surface area contributed by atoms with Crippen LogP contribution < -0.4 is 9.47 Å². The molecule has 0 saturated carbocycles. The van der Waals surface area contributed by atoms with Gasteiger partial charge in [0.05, 0.1) is 5.56 Å². The Morgan fingerprint density at radius 1 is 0.880 bits per heavy atom.